The molecule has 7 heteroatoms. The van der Waals surface area contributed by atoms with Crippen LogP contribution in [-0.4, -0.2) is 31.8 Å². The highest BCUT2D eigenvalue weighted by Crippen LogP contribution is 2.38. The van der Waals surface area contributed by atoms with Crippen molar-refractivity contribution in [1.29, 1.82) is 0 Å². The Labute approximate surface area is 180 Å². The van der Waals surface area contributed by atoms with Gasteiger partial charge in [0, 0.05) is 29.2 Å². The van der Waals surface area contributed by atoms with Crippen LogP contribution in [0.15, 0.2) is 52.0 Å². The first-order chi connectivity index (χ1) is 14.7. The molecule has 0 aliphatic carbocycles. The molecule has 3 aromatic rings. The third kappa shape index (κ3) is 3.67. The van der Waals surface area contributed by atoms with Gasteiger partial charge in [0.15, 0.2) is 17.1 Å². The number of nitrogens with one attached hydrogen (secondary N) is 1. The molecule has 2 heterocycles. The molecule has 1 aliphatic heterocycles. The van der Waals surface area contributed by atoms with Crippen molar-refractivity contribution in [2.45, 2.75) is 26.3 Å². The zero-order valence-corrected chi connectivity index (χ0v) is 18.1. The van der Waals surface area contributed by atoms with Crippen molar-refractivity contribution in [3.63, 3.8) is 0 Å². The Morgan fingerprint density at radius 3 is 2.81 bits per heavy atom. The molecule has 2 aromatic carbocycles. The number of allylic oxidation sites excluding steroid dienone is 1. The van der Waals surface area contributed by atoms with Gasteiger partial charge in [0.25, 0.3) is 0 Å². The molecule has 4 rings (SSSR count). The number of methoxy groups -OCH3 is 1. The van der Waals surface area contributed by atoms with Gasteiger partial charge in [0.05, 0.1) is 18.9 Å². The number of carbonyl (C=O) groups is 1. The van der Waals surface area contributed by atoms with E-state index in [9.17, 15) is 9.18 Å². The fourth-order valence-corrected chi connectivity index (χ4v) is 3.81. The van der Waals surface area contributed by atoms with E-state index in [2.05, 4.69) is 30.5 Å². The van der Waals surface area contributed by atoms with E-state index in [1.54, 1.807) is 18.2 Å². The highest BCUT2D eigenvalue weighted by Gasteiger charge is 2.29. The molecule has 1 N–H and O–H groups in total. The third-order valence-corrected chi connectivity index (χ3v) is 5.66. The topological polar surface area (TPSA) is 67.1 Å². The van der Waals surface area contributed by atoms with Crippen LogP contribution >= 0.6 is 0 Å². The van der Waals surface area contributed by atoms with E-state index in [4.69, 9.17) is 9.15 Å². The number of ether oxygens (including phenoxy) is 1. The van der Waals surface area contributed by atoms with Gasteiger partial charge in [-0.2, -0.15) is 5.10 Å². The molecule has 0 spiro atoms. The van der Waals surface area contributed by atoms with Gasteiger partial charge in [0.2, 0.25) is 0 Å². The number of carbonyl (C=O) groups excluding carboxylic acids is 1. The van der Waals surface area contributed by atoms with E-state index >= 15 is 0 Å². The highest BCUT2D eigenvalue weighted by atomic mass is 19.1. The van der Waals surface area contributed by atoms with Crippen molar-refractivity contribution in [1.82, 2.24) is 5.43 Å². The first kappa shape index (κ1) is 20.7. The summed E-state index contributed by atoms with van der Waals surface area (Å²) < 4.78 is 25.6. The summed E-state index contributed by atoms with van der Waals surface area (Å²) in [6, 6.07) is 10.2. The van der Waals surface area contributed by atoms with Crippen molar-refractivity contribution in [3.05, 3.63) is 65.2 Å². The number of hydrogen-bond acceptors (Lipinski definition) is 5. The molecule has 0 fully saturated rings. The number of fused-ring (bicyclic) bond motifs is 2. The number of amides is 1. The first-order valence-electron chi connectivity index (χ1n) is 9.88. The summed E-state index contributed by atoms with van der Waals surface area (Å²) in [4.78, 5) is 14.5. The molecule has 160 valence electrons. The standard InChI is InChI=1S/C24H24FN3O3/c1-14-12-24(2,3)28(4)19-11-18(25)16(9-17(14)19)13-26-27-23(29)21-10-15-7-6-8-20(30-5)22(15)31-21/h6-13H,1-5H3,(H,27,29)/b26-13-. The van der Waals surface area contributed by atoms with Crippen LogP contribution in [0.2, 0.25) is 0 Å². The average molecular weight is 421 g/mol. The Bertz CT molecular complexity index is 1240. The van der Waals surface area contributed by atoms with Crippen LogP contribution in [0.4, 0.5) is 10.1 Å². The molecule has 6 nitrogen and oxygen atoms in total. The van der Waals surface area contributed by atoms with E-state index in [0.717, 1.165) is 22.2 Å². The van der Waals surface area contributed by atoms with E-state index in [-0.39, 0.29) is 16.9 Å². The number of furan rings is 1. The molecular weight excluding hydrogens is 397 g/mol. The third-order valence-electron chi connectivity index (χ3n) is 5.66. The summed E-state index contributed by atoms with van der Waals surface area (Å²) in [5, 5.41) is 4.66. The number of anilines is 1. The summed E-state index contributed by atoms with van der Waals surface area (Å²) in [7, 11) is 3.47. The normalized spacial score (nSPS) is 15.2. The maximum atomic E-state index is 14.7. The molecule has 1 aromatic heterocycles. The van der Waals surface area contributed by atoms with Crippen LogP contribution in [0.5, 0.6) is 5.75 Å². The Morgan fingerprint density at radius 2 is 2.06 bits per heavy atom. The van der Waals surface area contributed by atoms with E-state index in [1.807, 2.05) is 31.0 Å². The molecule has 0 radical (unpaired) electrons. The van der Waals surface area contributed by atoms with Crippen molar-refractivity contribution in [3.8, 4) is 5.75 Å². The highest BCUT2D eigenvalue weighted by molar-refractivity contribution is 5.98. The summed E-state index contributed by atoms with van der Waals surface area (Å²) >= 11 is 0. The van der Waals surface area contributed by atoms with E-state index in [1.165, 1.54) is 19.4 Å². The number of hydrazone groups is 1. The zero-order valence-electron chi connectivity index (χ0n) is 18.1. The van der Waals surface area contributed by atoms with Crippen molar-refractivity contribution in [2.24, 2.45) is 5.10 Å². The minimum absolute atomic E-state index is 0.0881. The predicted octanol–water partition coefficient (Wildman–Crippen LogP) is 4.98. The van der Waals surface area contributed by atoms with Crippen LogP contribution in [-0.2, 0) is 0 Å². The van der Waals surface area contributed by atoms with Gasteiger partial charge >= 0.3 is 5.91 Å². The Balaban J connectivity index is 1.56. The lowest BCUT2D eigenvalue weighted by atomic mass is 9.88. The minimum Gasteiger partial charge on any atom is -0.493 e. The number of benzene rings is 2. The van der Waals surface area contributed by atoms with Crippen LogP contribution < -0.4 is 15.1 Å². The number of halogens is 1. The number of nitrogens with zero attached hydrogens (tertiary/aromatic N) is 2. The minimum atomic E-state index is -0.537. The fourth-order valence-electron chi connectivity index (χ4n) is 3.81. The molecule has 1 aliphatic rings. The maximum Gasteiger partial charge on any atom is 0.307 e. The average Bonchev–Trinajstić information content (AvgIpc) is 3.17. The van der Waals surface area contributed by atoms with Gasteiger partial charge in [-0.05, 0) is 50.6 Å². The van der Waals surface area contributed by atoms with Crippen molar-refractivity contribution >= 4 is 34.4 Å². The zero-order chi connectivity index (χ0) is 22.3. The van der Waals surface area contributed by atoms with Crippen LogP contribution in [0.25, 0.3) is 16.5 Å². The molecule has 0 atom stereocenters. The van der Waals surface area contributed by atoms with Crippen LogP contribution in [0.3, 0.4) is 0 Å². The molecular formula is C24H24FN3O3. The SMILES string of the molecule is COc1cccc2cc(C(=O)N/N=C\c3cc4c(cc3F)N(C)C(C)(C)C=C4C)oc12. The predicted molar refractivity (Wildman–Crippen MR) is 120 cm³/mol. The van der Waals surface area contributed by atoms with E-state index in [0.29, 0.717) is 11.3 Å². The first-order valence-corrected chi connectivity index (χ1v) is 9.88. The van der Waals surface area contributed by atoms with Gasteiger partial charge < -0.3 is 14.1 Å². The second-order valence-corrected chi connectivity index (χ2v) is 8.12. The van der Waals surface area contributed by atoms with Crippen molar-refractivity contribution < 1.29 is 18.3 Å². The summed E-state index contributed by atoms with van der Waals surface area (Å²) in [5.41, 5.74) is 5.76. The quantitative estimate of drug-likeness (QED) is 0.477. The van der Waals surface area contributed by atoms with Gasteiger partial charge in [-0.1, -0.05) is 18.2 Å². The van der Waals surface area contributed by atoms with Gasteiger partial charge in [0.1, 0.15) is 5.82 Å². The lowest BCUT2D eigenvalue weighted by molar-refractivity contribution is 0.0929. The molecule has 0 saturated carbocycles. The fraction of sp³-hybridized carbons (Fsp3) is 0.250. The van der Waals surface area contributed by atoms with Crippen molar-refractivity contribution in [2.75, 3.05) is 19.1 Å². The Hall–Kier alpha value is -3.61. The second kappa shape index (κ2) is 7.58. The van der Waals surface area contributed by atoms with Gasteiger partial charge in [-0.3, -0.25) is 4.79 Å². The lowest BCUT2D eigenvalue weighted by Gasteiger charge is -2.40. The number of likely N-dealkylation sites (N-methyl/N-ethyl adjacent to an activating group) is 1. The molecule has 1 amide bonds. The van der Waals surface area contributed by atoms with Gasteiger partial charge in [-0.25, -0.2) is 9.82 Å². The smallest absolute Gasteiger partial charge is 0.307 e. The Kier molecular flexibility index (Phi) is 5.05. The Morgan fingerprint density at radius 1 is 1.29 bits per heavy atom. The molecule has 0 bridgehead atoms. The molecule has 31 heavy (non-hydrogen) atoms. The lowest BCUT2D eigenvalue weighted by Crippen LogP contribution is -2.42. The van der Waals surface area contributed by atoms with Crippen LogP contribution in [0, 0.1) is 5.82 Å². The number of rotatable bonds is 4. The van der Waals surface area contributed by atoms with Crippen LogP contribution in [0.1, 0.15) is 42.5 Å². The molecule has 0 saturated heterocycles. The summed E-state index contributed by atoms with van der Waals surface area (Å²) in [6.07, 6.45) is 3.44. The second-order valence-electron chi connectivity index (χ2n) is 8.12. The molecule has 0 unspecified atom stereocenters. The number of hydrogen-bond donors (Lipinski definition) is 1. The number of para-hydroxylation sites is 1. The monoisotopic (exact) mass is 421 g/mol. The van der Waals surface area contributed by atoms with E-state index < -0.39 is 11.7 Å². The maximum absolute atomic E-state index is 14.7. The largest absolute Gasteiger partial charge is 0.493 e. The van der Waals surface area contributed by atoms with Gasteiger partial charge in [-0.15, -0.1) is 0 Å². The summed E-state index contributed by atoms with van der Waals surface area (Å²) in [5.74, 6) is -0.328. The summed E-state index contributed by atoms with van der Waals surface area (Å²) in [6.45, 7) is 6.16.